The molecule has 1 N–H and O–H groups in total. The summed E-state index contributed by atoms with van der Waals surface area (Å²) in [7, 11) is 0. The number of hydrogen-bond acceptors (Lipinski definition) is 6. The largest absolute Gasteiger partial charge is 0.480 e. The van der Waals surface area contributed by atoms with Gasteiger partial charge in [-0.1, -0.05) is 24.3 Å². The number of morpholine rings is 1. The Bertz CT molecular complexity index is 776. The van der Waals surface area contributed by atoms with E-state index in [2.05, 4.69) is 0 Å². The van der Waals surface area contributed by atoms with Gasteiger partial charge in [0.05, 0.1) is 24.8 Å². The van der Waals surface area contributed by atoms with E-state index >= 15 is 0 Å². The first kappa shape index (κ1) is 16.4. The van der Waals surface area contributed by atoms with Crippen LogP contribution in [-0.2, 0) is 9.47 Å². The second kappa shape index (κ2) is 5.76. The summed E-state index contributed by atoms with van der Waals surface area (Å²) in [5.74, 6) is -0.449. The van der Waals surface area contributed by atoms with Crippen LogP contribution in [0.5, 0.6) is 0 Å². The van der Waals surface area contributed by atoms with Crippen LogP contribution in [-0.4, -0.2) is 65.6 Å². The number of ketones is 2. The highest BCUT2D eigenvalue weighted by molar-refractivity contribution is 6.26. The summed E-state index contributed by atoms with van der Waals surface area (Å²) in [4.78, 5) is 28.1. The zero-order valence-electron chi connectivity index (χ0n) is 14.3. The SMILES string of the molecule is CC1(C)OC2=C(C(=O)c3ccccc3C2=O)C(N2CCOCC2)C1O. The van der Waals surface area contributed by atoms with Crippen LogP contribution < -0.4 is 0 Å². The van der Waals surface area contributed by atoms with Gasteiger partial charge in [-0.2, -0.15) is 0 Å². The van der Waals surface area contributed by atoms with Crippen LogP contribution in [0.15, 0.2) is 35.6 Å². The van der Waals surface area contributed by atoms with Gasteiger partial charge in [-0.05, 0) is 13.8 Å². The first-order valence-corrected chi connectivity index (χ1v) is 8.53. The Morgan fingerprint density at radius 2 is 1.68 bits per heavy atom. The molecule has 1 saturated heterocycles. The van der Waals surface area contributed by atoms with E-state index in [1.165, 1.54) is 0 Å². The molecule has 1 aromatic carbocycles. The van der Waals surface area contributed by atoms with E-state index in [-0.39, 0.29) is 22.9 Å². The molecule has 0 radical (unpaired) electrons. The van der Waals surface area contributed by atoms with E-state index in [1.54, 1.807) is 38.1 Å². The molecule has 1 aromatic rings. The minimum atomic E-state index is -0.968. The van der Waals surface area contributed by atoms with Gasteiger partial charge in [0.25, 0.3) is 0 Å². The molecule has 25 heavy (non-hydrogen) atoms. The van der Waals surface area contributed by atoms with Crippen molar-refractivity contribution in [3.05, 3.63) is 46.7 Å². The van der Waals surface area contributed by atoms with Crippen LogP contribution in [0.1, 0.15) is 34.6 Å². The topological polar surface area (TPSA) is 76.1 Å². The highest BCUT2D eigenvalue weighted by atomic mass is 16.5. The quantitative estimate of drug-likeness (QED) is 0.825. The van der Waals surface area contributed by atoms with Gasteiger partial charge in [-0.25, -0.2) is 0 Å². The molecule has 2 heterocycles. The molecule has 6 heteroatoms. The zero-order valence-corrected chi connectivity index (χ0v) is 14.3. The van der Waals surface area contributed by atoms with Crippen LogP contribution in [0.2, 0.25) is 0 Å². The predicted molar refractivity (Wildman–Crippen MR) is 89.5 cm³/mol. The summed E-state index contributed by atoms with van der Waals surface area (Å²) in [6.07, 6.45) is -0.925. The summed E-state index contributed by atoms with van der Waals surface area (Å²) in [6, 6.07) is 6.19. The molecule has 1 fully saturated rings. The van der Waals surface area contributed by atoms with Gasteiger partial charge in [-0.15, -0.1) is 0 Å². The van der Waals surface area contributed by atoms with Crippen LogP contribution in [0, 0.1) is 0 Å². The van der Waals surface area contributed by atoms with Crippen molar-refractivity contribution in [3.63, 3.8) is 0 Å². The Morgan fingerprint density at radius 3 is 2.32 bits per heavy atom. The van der Waals surface area contributed by atoms with Crippen molar-refractivity contribution in [2.24, 2.45) is 0 Å². The monoisotopic (exact) mass is 343 g/mol. The fourth-order valence-corrected chi connectivity index (χ4v) is 3.84. The molecule has 6 nitrogen and oxygen atoms in total. The second-order valence-corrected chi connectivity index (χ2v) is 7.19. The van der Waals surface area contributed by atoms with E-state index in [1.807, 2.05) is 4.90 Å². The maximum absolute atomic E-state index is 13.1. The van der Waals surface area contributed by atoms with Crippen molar-refractivity contribution in [3.8, 4) is 0 Å². The van der Waals surface area contributed by atoms with Crippen molar-refractivity contribution in [1.82, 2.24) is 4.90 Å². The lowest BCUT2D eigenvalue weighted by Gasteiger charge is -2.48. The number of Topliss-reactive ketones (excluding diaryl/α,β-unsaturated/α-hetero) is 2. The number of aliphatic hydroxyl groups is 1. The molecule has 0 saturated carbocycles. The molecule has 2 atom stereocenters. The summed E-state index contributed by atoms with van der Waals surface area (Å²) in [6.45, 7) is 5.74. The van der Waals surface area contributed by atoms with E-state index in [0.717, 1.165) is 0 Å². The number of ether oxygens (including phenoxy) is 2. The van der Waals surface area contributed by atoms with Gasteiger partial charge in [0, 0.05) is 24.2 Å². The van der Waals surface area contributed by atoms with Crippen molar-refractivity contribution in [1.29, 1.82) is 0 Å². The first-order valence-electron chi connectivity index (χ1n) is 8.53. The summed E-state index contributed by atoms with van der Waals surface area (Å²) >= 11 is 0. The van der Waals surface area contributed by atoms with E-state index < -0.39 is 17.7 Å². The fraction of sp³-hybridized carbons (Fsp3) is 0.474. The molecule has 132 valence electrons. The lowest BCUT2D eigenvalue weighted by molar-refractivity contribution is -0.121. The Labute approximate surface area is 146 Å². The first-order chi connectivity index (χ1) is 11.9. The predicted octanol–water partition coefficient (Wildman–Crippen LogP) is 1.19. The molecule has 1 aliphatic carbocycles. The third-order valence-corrected chi connectivity index (χ3v) is 5.22. The molecular formula is C19H21NO5. The van der Waals surface area contributed by atoms with E-state index in [9.17, 15) is 14.7 Å². The van der Waals surface area contributed by atoms with Gasteiger partial charge < -0.3 is 14.6 Å². The Balaban J connectivity index is 1.87. The number of fused-ring (bicyclic) bond motifs is 1. The highest BCUT2D eigenvalue weighted by Gasteiger charge is 2.52. The second-order valence-electron chi connectivity index (χ2n) is 7.19. The van der Waals surface area contributed by atoms with Crippen molar-refractivity contribution in [2.45, 2.75) is 31.6 Å². The standard InChI is InChI=1S/C19H21NO5/c1-19(2)18(23)14(20-7-9-24-10-8-20)13-15(21)11-5-3-4-6-12(11)16(22)17(13)25-19/h3-6,14,18,23H,7-10H2,1-2H3. The number of benzene rings is 1. The number of hydrogen-bond donors (Lipinski definition) is 1. The van der Waals surface area contributed by atoms with Crippen LogP contribution in [0.3, 0.4) is 0 Å². The van der Waals surface area contributed by atoms with Crippen molar-refractivity contribution in [2.75, 3.05) is 26.3 Å². The Morgan fingerprint density at radius 1 is 1.08 bits per heavy atom. The average Bonchev–Trinajstić information content (AvgIpc) is 2.62. The summed E-state index contributed by atoms with van der Waals surface area (Å²) < 4.78 is 11.2. The van der Waals surface area contributed by atoms with Gasteiger partial charge in [0.1, 0.15) is 11.7 Å². The average molecular weight is 343 g/mol. The number of nitrogens with zero attached hydrogens (tertiary/aromatic N) is 1. The zero-order chi connectivity index (χ0) is 17.8. The molecule has 3 aliphatic rings. The third kappa shape index (κ3) is 2.44. The van der Waals surface area contributed by atoms with Crippen LogP contribution in [0.25, 0.3) is 0 Å². The molecule has 0 amide bonds. The highest BCUT2D eigenvalue weighted by Crippen LogP contribution is 2.40. The molecule has 0 spiro atoms. The summed E-state index contributed by atoms with van der Waals surface area (Å²) in [5.41, 5.74) is 0.0425. The Kier molecular flexibility index (Phi) is 3.79. The third-order valence-electron chi connectivity index (χ3n) is 5.22. The number of carbonyl (C=O) groups excluding carboxylic acids is 2. The number of carbonyl (C=O) groups is 2. The smallest absolute Gasteiger partial charge is 0.228 e. The van der Waals surface area contributed by atoms with Gasteiger partial charge in [-0.3, -0.25) is 14.5 Å². The lowest BCUT2D eigenvalue weighted by Crippen LogP contribution is -2.61. The van der Waals surface area contributed by atoms with Crippen molar-refractivity contribution < 1.29 is 24.2 Å². The molecule has 0 bridgehead atoms. The van der Waals surface area contributed by atoms with Gasteiger partial charge in [0.15, 0.2) is 11.5 Å². The minimum absolute atomic E-state index is 0.0792. The maximum atomic E-state index is 13.1. The number of rotatable bonds is 1. The fourth-order valence-electron chi connectivity index (χ4n) is 3.84. The van der Waals surface area contributed by atoms with E-state index in [4.69, 9.17) is 9.47 Å². The normalized spacial score (nSPS) is 29.1. The lowest BCUT2D eigenvalue weighted by atomic mass is 9.77. The Hall–Kier alpha value is -2.02. The molecule has 0 aromatic heterocycles. The number of aliphatic hydroxyl groups excluding tert-OH is 1. The summed E-state index contributed by atoms with van der Waals surface area (Å²) in [5, 5.41) is 10.9. The van der Waals surface area contributed by atoms with Crippen LogP contribution >= 0.6 is 0 Å². The van der Waals surface area contributed by atoms with Gasteiger partial charge in [0.2, 0.25) is 5.78 Å². The minimum Gasteiger partial charge on any atom is -0.480 e. The van der Waals surface area contributed by atoms with E-state index in [0.29, 0.717) is 37.4 Å². The van der Waals surface area contributed by atoms with Crippen molar-refractivity contribution >= 4 is 11.6 Å². The maximum Gasteiger partial charge on any atom is 0.228 e. The molecule has 2 unspecified atom stereocenters. The molecule has 2 aliphatic heterocycles. The van der Waals surface area contributed by atoms with Gasteiger partial charge >= 0.3 is 0 Å². The van der Waals surface area contributed by atoms with Crippen LogP contribution in [0.4, 0.5) is 0 Å². The molecule has 4 rings (SSSR count). The molecular weight excluding hydrogens is 322 g/mol. The number of allylic oxidation sites excluding steroid dienone is 1.